The van der Waals surface area contributed by atoms with Gasteiger partial charge in [0, 0.05) is 0 Å². The lowest BCUT2D eigenvalue weighted by molar-refractivity contribution is -0.139. The van der Waals surface area contributed by atoms with Crippen LogP contribution in [0.2, 0.25) is 0 Å². The standard InChI is InChI=1S/C19H22F3NO2/c1-17(2,3)12-8-10-18(4,11-9-12)15(24)14-7-6-13(19(20,21)22)16(23-14)25-5/h6-10H,11H2,1-5H3. The molecule has 6 heteroatoms. The van der Waals surface area contributed by atoms with Crippen molar-refractivity contribution in [1.82, 2.24) is 4.98 Å². The summed E-state index contributed by atoms with van der Waals surface area (Å²) in [6.45, 7) is 8.00. The van der Waals surface area contributed by atoms with Gasteiger partial charge in [0.25, 0.3) is 0 Å². The van der Waals surface area contributed by atoms with Gasteiger partial charge in [0.05, 0.1) is 12.5 Å². The SMILES string of the molecule is COc1nc(C(=O)C2(C)C=CC(C(C)(C)C)=CC2)ccc1C(F)(F)F. The first kappa shape index (κ1) is 19.2. The predicted octanol–water partition coefficient (Wildman–Crippen LogP) is 5.23. The third-order valence-electron chi connectivity index (χ3n) is 4.35. The van der Waals surface area contributed by atoms with E-state index in [1.54, 1.807) is 6.92 Å². The van der Waals surface area contributed by atoms with Crippen LogP contribution in [0.5, 0.6) is 5.88 Å². The van der Waals surface area contributed by atoms with Gasteiger partial charge in [0.15, 0.2) is 5.78 Å². The molecule has 1 aromatic rings. The fourth-order valence-electron chi connectivity index (χ4n) is 2.69. The number of rotatable bonds is 3. The molecule has 0 N–H and O–H groups in total. The van der Waals surface area contributed by atoms with Crippen molar-refractivity contribution in [3.05, 3.63) is 47.2 Å². The fraction of sp³-hybridized carbons (Fsp3) is 0.474. The Morgan fingerprint density at radius 1 is 1.24 bits per heavy atom. The number of ether oxygens (including phenoxy) is 1. The first-order valence-corrected chi connectivity index (χ1v) is 7.95. The summed E-state index contributed by atoms with van der Waals surface area (Å²) in [5.41, 5.74) is -0.783. The molecule has 3 nitrogen and oxygen atoms in total. The van der Waals surface area contributed by atoms with Crippen LogP contribution >= 0.6 is 0 Å². The second-order valence-electron chi connectivity index (χ2n) is 7.44. The maximum atomic E-state index is 12.9. The minimum atomic E-state index is -4.58. The lowest BCUT2D eigenvalue weighted by atomic mass is 9.73. The molecule has 136 valence electrons. The molecule has 0 aromatic carbocycles. The number of hydrogen-bond acceptors (Lipinski definition) is 3. The molecule has 1 heterocycles. The number of carbonyl (C=O) groups is 1. The smallest absolute Gasteiger partial charge is 0.421 e. The van der Waals surface area contributed by atoms with Gasteiger partial charge in [-0.05, 0) is 36.5 Å². The molecular weight excluding hydrogens is 331 g/mol. The Morgan fingerprint density at radius 2 is 1.88 bits per heavy atom. The van der Waals surface area contributed by atoms with Gasteiger partial charge >= 0.3 is 6.18 Å². The summed E-state index contributed by atoms with van der Waals surface area (Å²) in [5, 5.41) is 0. The summed E-state index contributed by atoms with van der Waals surface area (Å²) >= 11 is 0. The van der Waals surface area contributed by atoms with E-state index < -0.39 is 23.0 Å². The third-order valence-corrected chi connectivity index (χ3v) is 4.35. The van der Waals surface area contributed by atoms with Gasteiger partial charge in [-0.2, -0.15) is 13.2 Å². The minimum Gasteiger partial charge on any atom is -0.481 e. The summed E-state index contributed by atoms with van der Waals surface area (Å²) in [6, 6.07) is 1.95. The number of hydrogen-bond donors (Lipinski definition) is 0. The lowest BCUT2D eigenvalue weighted by Gasteiger charge is -2.30. The quantitative estimate of drug-likeness (QED) is 0.699. The van der Waals surface area contributed by atoms with Gasteiger partial charge < -0.3 is 4.74 Å². The van der Waals surface area contributed by atoms with Gasteiger partial charge in [-0.1, -0.05) is 39.0 Å². The van der Waals surface area contributed by atoms with Crippen molar-refractivity contribution in [1.29, 1.82) is 0 Å². The molecule has 1 unspecified atom stereocenters. The number of nitrogens with zero attached hydrogens (tertiary/aromatic N) is 1. The van der Waals surface area contributed by atoms with Crippen molar-refractivity contribution in [2.75, 3.05) is 7.11 Å². The Balaban J connectivity index is 2.33. The molecule has 0 saturated heterocycles. The first-order chi connectivity index (χ1) is 11.4. The molecule has 1 aliphatic rings. The average Bonchev–Trinajstić information content (AvgIpc) is 2.52. The molecule has 0 aliphatic heterocycles. The second-order valence-corrected chi connectivity index (χ2v) is 7.44. The number of alkyl halides is 3. The number of pyridine rings is 1. The molecule has 2 rings (SSSR count). The fourth-order valence-corrected chi connectivity index (χ4v) is 2.69. The van der Waals surface area contributed by atoms with Crippen LogP contribution in [0.4, 0.5) is 13.2 Å². The lowest BCUT2D eigenvalue weighted by Crippen LogP contribution is -2.29. The van der Waals surface area contributed by atoms with Crippen molar-refractivity contribution in [3.8, 4) is 5.88 Å². The highest BCUT2D eigenvalue weighted by Crippen LogP contribution is 2.39. The van der Waals surface area contributed by atoms with Gasteiger partial charge in [0.2, 0.25) is 5.88 Å². The molecule has 0 fully saturated rings. The van der Waals surface area contributed by atoms with E-state index in [1.165, 1.54) is 0 Å². The molecule has 0 amide bonds. The molecule has 0 bridgehead atoms. The van der Waals surface area contributed by atoms with Crippen molar-refractivity contribution in [3.63, 3.8) is 0 Å². The molecule has 0 radical (unpaired) electrons. The molecule has 25 heavy (non-hydrogen) atoms. The molecule has 1 atom stereocenters. The predicted molar refractivity (Wildman–Crippen MR) is 89.5 cm³/mol. The van der Waals surface area contributed by atoms with Crippen molar-refractivity contribution < 1.29 is 22.7 Å². The van der Waals surface area contributed by atoms with Gasteiger partial charge in [-0.3, -0.25) is 4.79 Å². The van der Waals surface area contributed by atoms with Crippen molar-refractivity contribution >= 4 is 5.78 Å². The van der Waals surface area contributed by atoms with Crippen LogP contribution < -0.4 is 4.74 Å². The van der Waals surface area contributed by atoms with Crippen LogP contribution in [-0.4, -0.2) is 17.9 Å². The van der Waals surface area contributed by atoms with E-state index in [9.17, 15) is 18.0 Å². The average molecular weight is 353 g/mol. The molecule has 0 spiro atoms. The van der Waals surface area contributed by atoms with Gasteiger partial charge in [0.1, 0.15) is 11.3 Å². The van der Waals surface area contributed by atoms with E-state index in [4.69, 9.17) is 4.74 Å². The van der Waals surface area contributed by atoms with Crippen LogP contribution in [0.15, 0.2) is 35.9 Å². The monoisotopic (exact) mass is 353 g/mol. The maximum absolute atomic E-state index is 12.9. The molecule has 1 aromatic heterocycles. The zero-order valence-corrected chi connectivity index (χ0v) is 15.0. The highest BCUT2D eigenvalue weighted by atomic mass is 19.4. The van der Waals surface area contributed by atoms with Crippen molar-refractivity contribution in [2.45, 2.75) is 40.3 Å². The molecular formula is C19H22F3NO2. The number of methoxy groups -OCH3 is 1. The largest absolute Gasteiger partial charge is 0.481 e. The van der Waals surface area contributed by atoms with E-state index >= 15 is 0 Å². The normalized spacial score (nSPS) is 21.0. The molecule has 1 aliphatic carbocycles. The van der Waals surface area contributed by atoms with Crippen molar-refractivity contribution in [2.24, 2.45) is 10.8 Å². The third kappa shape index (κ3) is 3.94. The van der Waals surface area contributed by atoms with Crippen LogP contribution in [0.3, 0.4) is 0 Å². The van der Waals surface area contributed by atoms with E-state index in [2.05, 4.69) is 25.8 Å². The summed E-state index contributed by atoms with van der Waals surface area (Å²) in [5.74, 6) is -0.923. The van der Waals surface area contributed by atoms with Crippen LogP contribution in [0.1, 0.15) is 50.2 Å². The van der Waals surface area contributed by atoms with E-state index in [0.717, 1.165) is 24.8 Å². The Bertz CT molecular complexity index is 742. The van der Waals surface area contributed by atoms with Crippen LogP contribution in [-0.2, 0) is 6.18 Å². The second kappa shape index (κ2) is 6.32. The minimum absolute atomic E-state index is 0.0310. The highest BCUT2D eigenvalue weighted by molar-refractivity contribution is 6.00. The summed E-state index contributed by atoms with van der Waals surface area (Å²) in [4.78, 5) is 16.6. The van der Waals surface area contributed by atoms with Gasteiger partial charge in [-0.15, -0.1) is 0 Å². The number of ketones is 1. The Kier molecular flexibility index (Phi) is 4.86. The summed E-state index contributed by atoms with van der Waals surface area (Å²) in [6.07, 6.45) is 1.60. The number of allylic oxidation sites excluding steroid dienone is 4. The maximum Gasteiger partial charge on any atom is 0.421 e. The molecule has 0 saturated carbocycles. The number of aromatic nitrogens is 1. The topological polar surface area (TPSA) is 39.2 Å². The highest BCUT2D eigenvalue weighted by Gasteiger charge is 2.38. The number of carbonyl (C=O) groups excluding carboxylic acids is 1. The Morgan fingerprint density at radius 3 is 2.32 bits per heavy atom. The Hall–Kier alpha value is -2.11. The summed E-state index contributed by atoms with van der Waals surface area (Å²) < 4.78 is 43.5. The van der Waals surface area contributed by atoms with E-state index in [1.807, 2.05) is 18.2 Å². The first-order valence-electron chi connectivity index (χ1n) is 7.95. The number of halogens is 3. The van der Waals surface area contributed by atoms with Crippen LogP contribution in [0, 0.1) is 10.8 Å². The van der Waals surface area contributed by atoms with E-state index in [-0.39, 0.29) is 16.9 Å². The van der Waals surface area contributed by atoms with E-state index in [0.29, 0.717) is 6.42 Å². The zero-order valence-electron chi connectivity index (χ0n) is 15.0. The summed E-state index contributed by atoms with van der Waals surface area (Å²) in [7, 11) is 1.10. The van der Waals surface area contributed by atoms with Crippen LogP contribution in [0.25, 0.3) is 0 Å². The Labute approximate surface area is 145 Å². The van der Waals surface area contributed by atoms with Gasteiger partial charge in [-0.25, -0.2) is 4.98 Å². The number of Topliss-reactive ketones (excluding diaryl/α,β-unsaturated/α-hetero) is 1. The zero-order chi connectivity index (χ0) is 19.0.